The van der Waals surface area contributed by atoms with Gasteiger partial charge in [-0.15, -0.1) is 0 Å². The molecule has 1 unspecified atom stereocenters. The van der Waals surface area contributed by atoms with Gasteiger partial charge < -0.3 is 9.47 Å². The van der Waals surface area contributed by atoms with Gasteiger partial charge in [0.15, 0.2) is 0 Å². The minimum Gasteiger partial charge on any atom is -0.460 e. The summed E-state index contributed by atoms with van der Waals surface area (Å²) in [5.41, 5.74) is -0.106. The molecule has 0 amide bonds. The maximum atomic E-state index is 11.6. The van der Waals surface area contributed by atoms with Crippen molar-refractivity contribution in [3.63, 3.8) is 0 Å². The van der Waals surface area contributed by atoms with E-state index < -0.39 is 16.9 Å². The minimum atomic E-state index is -0.764. The second kappa shape index (κ2) is 10.1. The lowest BCUT2D eigenvalue weighted by Gasteiger charge is -2.10. The van der Waals surface area contributed by atoms with Crippen molar-refractivity contribution < 1.29 is 24.0 Å². The molecule has 7 heteroatoms. The third-order valence-corrected chi connectivity index (χ3v) is 3.15. The zero-order chi connectivity index (χ0) is 17.9. The minimum absolute atomic E-state index is 0.106. The first-order valence-corrected chi connectivity index (χ1v) is 7.77. The number of ether oxygens (including phenoxy) is 2. The normalized spacial score (nSPS) is 11.9. The fourth-order valence-corrected chi connectivity index (χ4v) is 1.90. The molecule has 0 fully saturated rings. The molecule has 0 N–H and O–H groups in total. The Kier molecular flexibility index (Phi) is 8.18. The number of esters is 2. The highest BCUT2D eigenvalue weighted by molar-refractivity contribution is 5.92. The van der Waals surface area contributed by atoms with Gasteiger partial charge in [-0.2, -0.15) is 0 Å². The van der Waals surface area contributed by atoms with Gasteiger partial charge in [-0.05, 0) is 31.9 Å². The summed E-state index contributed by atoms with van der Waals surface area (Å²) in [6.07, 6.45) is 5.69. The lowest BCUT2D eigenvalue weighted by atomic mass is 10.1. The van der Waals surface area contributed by atoms with E-state index in [1.54, 1.807) is 6.92 Å². The number of non-ortho nitro benzene ring substituents is 1. The number of nitro benzene ring substituents is 1. The van der Waals surface area contributed by atoms with E-state index in [0.717, 1.165) is 37.8 Å². The molecule has 0 aliphatic carbocycles. The van der Waals surface area contributed by atoms with Crippen LogP contribution >= 0.6 is 0 Å². The number of rotatable bonds is 9. The number of hydrogen-bond donors (Lipinski definition) is 0. The highest BCUT2D eigenvalue weighted by Gasteiger charge is 2.09. The molecule has 0 heterocycles. The van der Waals surface area contributed by atoms with E-state index in [2.05, 4.69) is 6.92 Å². The molecular formula is C17H21NO6. The van der Waals surface area contributed by atoms with Crippen molar-refractivity contribution in [1.29, 1.82) is 0 Å². The van der Waals surface area contributed by atoms with Crippen LogP contribution < -0.4 is 4.74 Å². The number of nitrogens with zero attached hydrogens (tertiary/aromatic N) is 1. The molecule has 0 aliphatic rings. The predicted octanol–water partition coefficient (Wildman–Crippen LogP) is 3.57. The Bertz CT molecular complexity index is 594. The van der Waals surface area contributed by atoms with Crippen LogP contribution in [0.2, 0.25) is 0 Å². The highest BCUT2D eigenvalue weighted by Crippen LogP contribution is 2.17. The zero-order valence-corrected chi connectivity index (χ0v) is 13.8. The summed E-state index contributed by atoms with van der Waals surface area (Å²) in [4.78, 5) is 33.1. The first-order chi connectivity index (χ1) is 11.4. The van der Waals surface area contributed by atoms with Crippen LogP contribution in [0.15, 0.2) is 36.4 Å². The fraction of sp³-hybridized carbons (Fsp3) is 0.412. The van der Waals surface area contributed by atoms with Crippen LogP contribution in [0.1, 0.15) is 39.5 Å². The number of unbranched alkanes of at least 4 members (excludes halogenated alkanes) is 2. The Morgan fingerprint density at radius 1 is 1.17 bits per heavy atom. The fourth-order valence-electron chi connectivity index (χ4n) is 1.90. The molecule has 1 rings (SSSR count). The molecule has 0 saturated heterocycles. The summed E-state index contributed by atoms with van der Waals surface area (Å²) in [6.45, 7) is 3.90. The predicted molar refractivity (Wildman–Crippen MR) is 87.6 cm³/mol. The molecule has 0 bridgehead atoms. The Balaban J connectivity index is 2.41. The van der Waals surface area contributed by atoms with Gasteiger partial charge in [-0.1, -0.05) is 19.8 Å². The van der Waals surface area contributed by atoms with Gasteiger partial charge in [-0.3, -0.25) is 10.1 Å². The van der Waals surface area contributed by atoms with Crippen molar-refractivity contribution >= 4 is 17.6 Å². The Morgan fingerprint density at radius 2 is 1.79 bits per heavy atom. The van der Waals surface area contributed by atoms with E-state index in [1.165, 1.54) is 24.3 Å². The smallest absolute Gasteiger partial charge is 0.336 e. The van der Waals surface area contributed by atoms with Gasteiger partial charge in [0.25, 0.3) is 5.69 Å². The first-order valence-electron chi connectivity index (χ1n) is 7.77. The molecule has 0 aromatic heterocycles. The largest absolute Gasteiger partial charge is 0.460 e. The molecule has 0 saturated carbocycles. The van der Waals surface area contributed by atoms with Crippen LogP contribution in [0.3, 0.4) is 0 Å². The Morgan fingerprint density at radius 3 is 2.38 bits per heavy atom. The topological polar surface area (TPSA) is 95.7 Å². The average molecular weight is 335 g/mol. The van der Waals surface area contributed by atoms with Gasteiger partial charge >= 0.3 is 11.9 Å². The monoisotopic (exact) mass is 335 g/mol. The van der Waals surface area contributed by atoms with Crippen molar-refractivity contribution in [2.24, 2.45) is 0 Å². The van der Waals surface area contributed by atoms with Crippen molar-refractivity contribution in [3.8, 4) is 5.75 Å². The van der Waals surface area contributed by atoms with Gasteiger partial charge in [0.1, 0.15) is 5.75 Å². The van der Waals surface area contributed by atoms with E-state index in [-0.39, 0.29) is 17.5 Å². The first kappa shape index (κ1) is 19.3. The molecule has 0 radical (unpaired) electrons. The molecule has 1 aromatic carbocycles. The lowest BCUT2D eigenvalue weighted by molar-refractivity contribution is -0.384. The SMILES string of the molecule is CCCCCC(C)OC(=O)/C=C/C(=O)Oc1ccc([N+](=O)[O-])cc1. The molecule has 130 valence electrons. The summed E-state index contributed by atoms with van der Waals surface area (Å²) >= 11 is 0. The third kappa shape index (κ3) is 7.53. The number of benzene rings is 1. The standard InChI is InChI=1S/C17H21NO6/c1-3-4-5-6-13(2)23-16(19)11-12-17(20)24-15-9-7-14(8-10-15)18(21)22/h7-13H,3-6H2,1-2H3/b12-11+. The summed E-state index contributed by atoms with van der Waals surface area (Å²) < 4.78 is 10.1. The molecule has 1 aromatic rings. The molecule has 1 atom stereocenters. The zero-order valence-electron chi connectivity index (χ0n) is 13.8. The molecule has 24 heavy (non-hydrogen) atoms. The maximum Gasteiger partial charge on any atom is 0.336 e. The van der Waals surface area contributed by atoms with Crippen LogP contribution in [-0.4, -0.2) is 23.0 Å². The molecule has 0 spiro atoms. The average Bonchev–Trinajstić information content (AvgIpc) is 2.53. The van der Waals surface area contributed by atoms with Crippen LogP contribution in [0.5, 0.6) is 5.75 Å². The summed E-state index contributed by atoms with van der Waals surface area (Å²) in [5.74, 6) is -1.23. The van der Waals surface area contributed by atoms with Crippen LogP contribution in [0.25, 0.3) is 0 Å². The third-order valence-electron chi connectivity index (χ3n) is 3.15. The highest BCUT2D eigenvalue weighted by atomic mass is 16.6. The van der Waals surface area contributed by atoms with E-state index in [9.17, 15) is 19.7 Å². The van der Waals surface area contributed by atoms with Crippen molar-refractivity contribution in [2.75, 3.05) is 0 Å². The van der Waals surface area contributed by atoms with E-state index in [0.29, 0.717) is 0 Å². The van der Waals surface area contributed by atoms with Crippen LogP contribution in [0.4, 0.5) is 5.69 Å². The summed E-state index contributed by atoms with van der Waals surface area (Å²) in [6, 6.07) is 5.05. The molecular weight excluding hydrogens is 314 g/mol. The Hall–Kier alpha value is -2.70. The number of nitro groups is 1. The van der Waals surface area contributed by atoms with Crippen molar-refractivity contribution in [3.05, 3.63) is 46.5 Å². The maximum absolute atomic E-state index is 11.6. The van der Waals surface area contributed by atoms with E-state index >= 15 is 0 Å². The van der Waals surface area contributed by atoms with Gasteiger partial charge in [-0.25, -0.2) is 9.59 Å². The lowest BCUT2D eigenvalue weighted by Crippen LogP contribution is -2.13. The summed E-state index contributed by atoms with van der Waals surface area (Å²) in [5, 5.41) is 10.5. The Labute approximate surface area is 140 Å². The second-order valence-corrected chi connectivity index (χ2v) is 5.25. The van der Waals surface area contributed by atoms with Crippen molar-refractivity contribution in [1.82, 2.24) is 0 Å². The number of carbonyl (C=O) groups excluding carboxylic acids is 2. The van der Waals surface area contributed by atoms with E-state index in [4.69, 9.17) is 9.47 Å². The second-order valence-electron chi connectivity index (χ2n) is 5.25. The van der Waals surface area contributed by atoms with Crippen LogP contribution in [-0.2, 0) is 14.3 Å². The van der Waals surface area contributed by atoms with Crippen LogP contribution in [0, 0.1) is 10.1 Å². The quantitative estimate of drug-likeness (QED) is 0.171. The number of carbonyl (C=O) groups is 2. The van der Waals surface area contributed by atoms with Crippen molar-refractivity contribution in [2.45, 2.75) is 45.6 Å². The van der Waals surface area contributed by atoms with Gasteiger partial charge in [0.2, 0.25) is 0 Å². The summed E-state index contributed by atoms with van der Waals surface area (Å²) in [7, 11) is 0. The number of hydrogen-bond acceptors (Lipinski definition) is 6. The van der Waals surface area contributed by atoms with Gasteiger partial charge in [0.05, 0.1) is 11.0 Å². The van der Waals surface area contributed by atoms with Gasteiger partial charge in [0, 0.05) is 24.3 Å². The van der Waals surface area contributed by atoms with E-state index in [1.807, 2.05) is 0 Å². The molecule has 7 nitrogen and oxygen atoms in total. The molecule has 0 aliphatic heterocycles.